The van der Waals surface area contributed by atoms with E-state index < -0.39 is 0 Å². The molecule has 0 saturated carbocycles. The van der Waals surface area contributed by atoms with Crippen molar-refractivity contribution in [2.75, 3.05) is 0 Å². The van der Waals surface area contributed by atoms with Crippen molar-refractivity contribution < 1.29 is 4.39 Å². The van der Waals surface area contributed by atoms with E-state index in [1.54, 1.807) is 12.1 Å². The molecule has 0 unspecified atom stereocenters. The first-order valence-corrected chi connectivity index (χ1v) is 8.05. The zero-order valence-electron chi connectivity index (χ0n) is 13.4. The number of para-hydroxylation sites is 1. The molecule has 4 aromatic rings. The number of nitrogens with zero attached hydrogens (tertiary/aromatic N) is 2. The highest BCUT2D eigenvalue weighted by Crippen LogP contribution is 2.23. The lowest BCUT2D eigenvalue weighted by atomic mass is 10.1. The normalized spacial score (nSPS) is 11.2. The van der Waals surface area contributed by atoms with Gasteiger partial charge in [0.05, 0.1) is 11.2 Å². The summed E-state index contributed by atoms with van der Waals surface area (Å²) in [6.07, 6.45) is 3.88. The molecule has 0 atom stereocenters. The Labute approximate surface area is 145 Å². The number of fused-ring (bicyclic) bond motifs is 1. The first-order valence-electron chi connectivity index (χ1n) is 8.05. The van der Waals surface area contributed by atoms with Crippen molar-refractivity contribution >= 4 is 23.1 Å². The molecule has 0 amide bonds. The zero-order valence-corrected chi connectivity index (χ0v) is 13.4. The Bertz CT molecular complexity index is 1040. The second-order valence-electron chi connectivity index (χ2n) is 5.70. The molecule has 4 rings (SSSR count). The molecule has 0 spiro atoms. The van der Waals surface area contributed by atoms with Gasteiger partial charge in [-0.05, 0) is 29.8 Å². The van der Waals surface area contributed by atoms with Gasteiger partial charge in [-0.2, -0.15) is 0 Å². The fraction of sp³-hybridized carbons (Fsp3) is 0. The summed E-state index contributed by atoms with van der Waals surface area (Å²) in [5.74, 6) is 0.453. The third kappa shape index (κ3) is 3.31. The van der Waals surface area contributed by atoms with E-state index in [0.717, 1.165) is 27.7 Å². The summed E-state index contributed by atoms with van der Waals surface area (Å²) in [5.41, 5.74) is 3.64. The van der Waals surface area contributed by atoms with Gasteiger partial charge in [0.1, 0.15) is 5.82 Å². The summed E-state index contributed by atoms with van der Waals surface area (Å²) in [6.45, 7) is 0. The number of halogens is 1. The minimum Gasteiger partial charge on any atom is -0.228 e. The Morgan fingerprint density at radius 2 is 1.40 bits per heavy atom. The van der Waals surface area contributed by atoms with Crippen molar-refractivity contribution in [2.24, 2.45) is 0 Å². The van der Waals surface area contributed by atoms with Crippen LogP contribution in [0, 0.1) is 5.82 Å². The molecule has 3 heteroatoms. The second kappa shape index (κ2) is 6.65. The maximum absolute atomic E-state index is 13.1. The first-order chi connectivity index (χ1) is 12.3. The van der Waals surface area contributed by atoms with Crippen LogP contribution >= 0.6 is 0 Å². The molecule has 2 nitrogen and oxygen atoms in total. The topological polar surface area (TPSA) is 25.8 Å². The van der Waals surface area contributed by atoms with Gasteiger partial charge in [-0.25, -0.2) is 14.4 Å². The average molecular weight is 326 g/mol. The van der Waals surface area contributed by atoms with Gasteiger partial charge >= 0.3 is 0 Å². The predicted molar refractivity (Wildman–Crippen MR) is 100 cm³/mol. The van der Waals surface area contributed by atoms with Crippen molar-refractivity contribution in [2.45, 2.75) is 0 Å². The van der Waals surface area contributed by atoms with E-state index >= 15 is 0 Å². The molecule has 0 bridgehead atoms. The summed E-state index contributed by atoms with van der Waals surface area (Å²) in [7, 11) is 0. The van der Waals surface area contributed by atoms with Crippen LogP contribution in [0.4, 0.5) is 4.39 Å². The molecule has 0 N–H and O–H groups in total. The molecule has 1 heterocycles. The van der Waals surface area contributed by atoms with E-state index in [1.807, 2.05) is 66.7 Å². The van der Waals surface area contributed by atoms with Crippen LogP contribution in [0.25, 0.3) is 34.4 Å². The second-order valence-corrected chi connectivity index (χ2v) is 5.70. The van der Waals surface area contributed by atoms with Gasteiger partial charge in [0.2, 0.25) is 0 Å². The van der Waals surface area contributed by atoms with E-state index in [4.69, 9.17) is 4.98 Å². The Morgan fingerprint density at radius 1 is 0.680 bits per heavy atom. The fourth-order valence-corrected chi connectivity index (χ4v) is 2.69. The first kappa shape index (κ1) is 15.2. The Morgan fingerprint density at radius 3 is 2.20 bits per heavy atom. The van der Waals surface area contributed by atoms with Crippen LogP contribution in [-0.2, 0) is 0 Å². The molecule has 0 fully saturated rings. The van der Waals surface area contributed by atoms with Gasteiger partial charge in [0, 0.05) is 10.9 Å². The fourth-order valence-electron chi connectivity index (χ4n) is 2.69. The van der Waals surface area contributed by atoms with E-state index in [2.05, 4.69) is 4.98 Å². The number of rotatable bonds is 3. The highest BCUT2D eigenvalue weighted by Gasteiger charge is 2.07. The van der Waals surface area contributed by atoms with Gasteiger partial charge in [0.25, 0.3) is 0 Å². The minimum atomic E-state index is -0.240. The van der Waals surface area contributed by atoms with E-state index in [0.29, 0.717) is 5.82 Å². The van der Waals surface area contributed by atoms with Gasteiger partial charge in [-0.1, -0.05) is 66.7 Å². The largest absolute Gasteiger partial charge is 0.228 e. The lowest BCUT2D eigenvalue weighted by molar-refractivity contribution is 0.628. The summed E-state index contributed by atoms with van der Waals surface area (Å²) >= 11 is 0. The summed E-state index contributed by atoms with van der Waals surface area (Å²) in [4.78, 5) is 9.41. The summed E-state index contributed by atoms with van der Waals surface area (Å²) < 4.78 is 13.1. The predicted octanol–water partition coefficient (Wildman–Crippen LogP) is 5.61. The molecule has 0 aliphatic carbocycles. The third-order valence-corrected chi connectivity index (χ3v) is 3.97. The zero-order chi connectivity index (χ0) is 17.1. The number of benzene rings is 3. The molecular weight excluding hydrogens is 311 g/mol. The molecule has 0 saturated heterocycles. The third-order valence-electron chi connectivity index (χ3n) is 3.97. The van der Waals surface area contributed by atoms with E-state index in [9.17, 15) is 4.39 Å². The van der Waals surface area contributed by atoms with E-state index in [-0.39, 0.29) is 5.82 Å². The van der Waals surface area contributed by atoms with Crippen LogP contribution in [0.1, 0.15) is 11.3 Å². The van der Waals surface area contributed by atoms with Crippen molar-refractivity contribution in [1.29, 1.82) is 0 Å². The maximum Gasteiger partial charge on any atom is 0.160 e. The van der Waals surface area contributed by atoms with E-state index in [1.165, 1.54) is 12.1 Å². The quantitative estimate of drug-likeness (QED) is 0.489. The van der Waals surface area contributed by atoms with Crippen LogP contribution in [0.3, 0.4) is 0 Å². The van der Waals surface area contributed by atoms with Crippen LogP contribution in [-0.4, -0.2) is 9.97 Å². The molecule has 0 aliphatic rings. The number of aromatic nitrogens is 2. The monoisotopic (exact) mass is 326 g/mol. The SMILES string of the molecule is Fc1ccc(/C=C/c2nc(-c3ccccc3)nc3ccccc23)cc1. The van der Waals surface area contributed by atoms with Gasteiger partial charge in [0.15, 0.2) is 5.82 Å². The number of hydrogen-bond acceptors (Lipinski definition) is 2. The highest BCUT2D eigenvalue weighted by molar-refractivity contribution is 5.90. The lowest BCUT2D eigenvalue weighted by Crippen LogP contribution is -1.94. The van der Waals surface area contributed by atoms with Gasteiger partial charge in [-0.3, -0.25) is 0 Å². The average Bonchev–Trinajstić information content (AvgIpc) is 2.68. The Hall–Kier alpha value is -3.33. The van der Waals surface area contributed by atoms with Gasteiger partial charge in [-0.15, -0.1) is 0 Å². The highest BCUT2D eigenvalue weighted by atomic mass is 19.1. The molecule has 120 valence electrons. The van der Waals surface area contributed by atoms with Crippen molar-refractivity contribution in [3.8, 4) is 11.4 Å². The van der Waals surface area contributed by atoms with Crippen LogP contribution in [0.2, 0.25) is 0 Å². The van der Waals surface area contributed by atoms with Crippen molar-refractivity contribution in [3.05, 3.63) is 95.9 Å². The molecular formula is C22H15FN2. The molecule has 1 aromatic heterocycles. The maximum atomic E-state index is 13.1. The smallest absolute Gasteiger partial charge is 0.160 e. The Kier molecular flexibility index (Phi) is 4.05. The van der Waals surface area contributed by atoms with Crippen LogP contribution < -0.4 is 0 Å². The van der Waals surface area contributed by atoms with Gasteiger partial charge < -0.3 is 0 Å². The Balaban J connectivity index is 1.82. The lowest BCUT2D eigenvalue weighted by Gasteiger charge is -2.06. The number of hydrogen-bond donors (Lipinski definition) is 0. The van der Waals surface area contributed by atoms with Crippen LogP contribution in [0.15, 0.2) is 78.9 Å². The summed E-state index contributed by atoms with van der Waals surface area (Å²) in [6, 6.07) is 24.2. The molecule has 25 heavy (non-hydrogen) atoms. The summed E-state index contributed by atoms with van der Waals surface area (Å²) in [5, 5.41) is 0.987. The molecule has 0 aliphatic heterocycles. The van der Waals surface area contributed by atoms with Crippen molar-refractivity contribution in [3.63, 3.8) is 0 Å². The molecule has 3 aromatic carbocycles. The van der Waals surface area contributed by atoms with Crippen molar-refractivity contribution in [1.82, 2.24) is 9.97 Å². The molecule has 0 radical (unpaired) electrons. The minimum absolute atomic E-state index is 0.240. The standard InChI is InChI=1S/C22H15FN2/c23-18-13-10-16(11-14-18)12-15-21-19-8-4-5-9-20(19)24-22(25-21)17-6-2-1-3-7-17/h1-15H/b15-12+. The van der Waals surface area contributed by atoms with Crippen LogP contribution in [0.5, 0.6) is 0 Å².